The summed E-state index contributed by atoms with van der Waals surface area (Å²) in [5, 5.41) is 9.50. The van der Waals surface area contributed by atoms with Gasteiger partial charge in [-0.2, -0.15) is 5.10 Å². The minimum absolute atomic E-state index is 0.0238. The fourth-order valence-electron chi connectivity index (χ4n) is 1.08. The predicted molar refractivity (Wildman–Crippen MR) is 59.8 cm³/mol. The van der Waals surface area contributed by atoms with E-state index in [4.69, 9.17) is 0 Å². The molecule has 1 rings (SSSR count). The van der Waals surface area contributed by atoms with Gasteiger partial charge < -0.3 is 5.32 Å². The topological polar surface area (TPSA) is 57.8 Å². The first kappa shape index (κ1) is 11.5. The summed E-state index contributed by atoms with van der Waals surface area (Å²) in [6.45, 7) is 10.2. The van der Waals surface area contributed by atoms with Crippen LogP contribution in [0.3, 0.4) is 0 Å². The normalized spacial score (nSPS) is 11.1. The lowest BCUT2D eigenvalue weighted by molar-refractivity contribution is 0.0953. The smallest absolute Gasteiger partial charge is 0.272 e. The molecular formula is C11H17N3O. The van der Waals surface area contributed by atoms with Crippen LogP contribution in [0, 0.1) is 0 Å². The Balaban J connectivity index is 2.76. The summed E-state index contributed by atoms with van der Waals surface area (Å²) < 4.78 is 0. The average molecular weight is 207 g/mol. The number of nitrogens with one attached hydrogen (secondary N) is 2. The van der Waals surface area contributed by atoms with Crippen molar-refractivity contribution in [2.24, 2.45) is 0 Å². The summed E-state index contributed by atoms with van der Waals surface area (Å²) in [6, 6.07) is 1.78. The Bertz CT molecular complexity index is 360. The molecule has 1 amide bonds. The van der Waals surface area contributed by atoms with Crippen LogP contribution in [0.25, 0.3) is 0 Å². The summed E-state index contributed by atoms with van der Waals surface area (Å²) in [7, 11) is 0. The van der Waals surface area contributed by atoms with Crippen molar-refractivity contribution in [3.8, 4) is 0 Å². The number of H-pyrrole nitrogens is 1. The molecule has 0 fully saturated rings. The second kappa shape index (κ2) is 4.29. The van der Waals surface area contributed by atoms with Gasteiger partial charge in [-0.15, -0.1) is 6.58 Å². The minimum Gasteiger partial charge on any atom is -0.347 e. The molecule has 0 aliphatic carbocycles. The molecule has 0 bridgehead atoms. The highest BCUT2D eigenvalue weighted by Crippen LogP contribution is 2.19. The maximum Gasteiger partial charge on any atom is 0.272 e. The lowest BCUT2D eigenvalue weighted by Gasteiger charge is -2.14. The van der Waals surface area contributed by atoms with Gasteiger partial charge in [-0.05, 0) is 6.07 Å². The van der Waals surface area contributed by atoms with Crippen molar-refractivity contribution >= 4 is 5.91 Å². The van der Waals surface area contributed by atoms with Crippen LogP contribution in [0.15, 0.2) is 18.7 Å². The molecule has 4 nitrogen and oxygen atoms in total. The lowest BCUT2D eigenvalue weighted by Crippen LogP contribution is -2.23. The highest BCUT2D eigenvalue weighted by molar-refractivity contribution is 5.92. The van der Waals surface area contributed by atoms with Gasteiger partial charge in [-0.25, -0.2) is 0 Å². The van der Waals surface area contributed by atoms with E-state index in [1.54, 1.807) is 12.1 Å². The fourth-order valence-corrected chi connectivity index (χ4v) is 1.08. The van der Waals surface area contributed by atoms with E-state index in [9.17, 15) is 4.79 Å². The molecule has 0 aromatic carbocycles. The molecule has 0 unspecified atom stereocenters. The van der Waals surface area contributed by atoms with Gasteiger partial charge in [0.15, 0.2) is 0 Å². The number of aromatic amines is 1. The van der Waals surface area contributed by atoms with Gasteiger partial charge in [0.1, 0.15) is 5.69 Å². The Morgan fingerprint density at radius 3 is 2.80 bits per heavy atom. The van der Waals surface area contributed by atoms with Gasteiger partial charge in [0.25, 0.3) is 5.91 Å². The predicted octanol–water partition coefficient (Wildman–Crippen LogP) is 1.62. The minimum atomic E-state index is -0.179. The second-order valence-electron chi connectivity index (χ2n) is 4.42. The van der Waals surface area contributed by atoms with E-state index in [1.165, 1.54) is 0 Å². The van der Waals surface area contributed by atoms with E-state index < -0.39 is 0 Å². The third-order valence-corrected chi connectivity index (χ3v) is 2.03. The molecule has 0 saturated heterocycles. The standard InChI is InChI=1S/C11H17N3O/c1-5-6-12-10(15)8-7-9(14-13-8)11(2,3)4/h5,7H,1,6H2,2-4H3,(H,12,15)(H,13,14). The Hall–Kier alpha value is -1.58. The Morgan fingerprint density at radius 1 is 1.67 bits per heavy atom. The molecule has 1 aromatic heterocycles. The molecule has 0 aliphatic rings. The van der Waals surface area contributed by atoms with Crippen LogP contribution in [0.1, 0.15) is 37.0 Å². The number of hydrogen-bond acceptors (Lipinski definition) is 2. The van der Waals surface area contributed by atoms with E-state index in [0.717, 1.165) is 5.69 Å². The number of carbonyl (C=O) groups excluding carboxylic acids is 1. The number of aromatic nitrogens is 2. The van der Waals surface area contributed by atoms with Crippen molar-refractivity contribution in [2.75, 3.05) is 6.54 Å². The van der Waals surface area contributed by atoms with Crippen LogP contribution in [-0.4, -0.2) is 22.6 Å². The van der Waals surface area contributed by atoms with Gasteiger partial charge in [-0.1, -0.05) is 26.8 Å². The van der Waals surface area contributed by atoms with Crippen molar-refractivity contribution < 1.29 is 4.79 Å². The number of carbonyl (C=O) groups is 1. The molecule has 0 atom stereocenters. The monoisotopic (exact) mass is 207 g/mol. The molecule has 2 N–H and O–H groups in total. The zero-order valence-corrected chi connectivity index (χ0v) is 9.42. The molecule has 1 heterocycles. The van der Waals surface area contributed by atoms with Crippen LogP contribution < -0.4 is 5.32 Å². The average Bonchev–Trinajstić information content (AvgIpc) is 2.62. The van der Waals surface area contributed by atoms with Crippen molar-refractivity contribution in [1.29, 1.82) is 0 Å². The summed E-state index contributed by atoms with van der Waals surface area (Å²) in [4.78, 5) is 11.5. The van der Waals surface area contributed by atoms with Crippen LogP contribution in [-0.2, 0) is 5.41 Å². The van der Waals surface area contributed by atoms with E-state index >= 15 is 0 Å². The van der Waals surface area contributed by atoms with E-state index in [-0.39, 0.29) is 11.3 Å². The summed E-state index contributed by atoms with van der Waals surface area (Å²) in [5.41, 5.74) is 1.34. The van der Waals surface area contributed by atoms with Crippen molar-refractivity contribution in [2.45, 2.75) is 26.2 Å². The van der Waals surface area contributed by atoms with Crippen LogP contribution >= 0.6 is 0 Å². The Kier molecular flexibility index (Phi) is 3.29. The largest absolute Gasteiger partial charge is 0.347 e. The van der Waals surface area contributed by atoms with E-state index in [1.807, 2.05) is 0 Å². The van der Waals surface area contributed by atoms with Gasteiger partial charge in [0.05, 0.1) is 0 Å². The lowest BCUT2D eigenvalue weighted by atomic mass is 9.92. The van der Waals surface area contributed by atoms with Gasteiger partial charge in [0, 0.05) is 17.7 Å². The summed E-state index contributed by atoms with van der Waals surface area (Å²) in [6.07, 6.45) is 1.63. The maximum atomic E-state index is 11.5. The number of nitrogens with zero attached hydrogens (tertiary/aromatic N) is 1. The van der Waals surface area contributed by atoms with E-state index in [2.05, 4.69) is 42.9 Å². The number of amides is 1. The highest BCUT2D eigenvalue weighted by atomic mass is 16.1. The van der Waals surface area contributed by atoms with Crippen LogP contribution in [0.2, 0.25) is 0 Å². The summed E-state index contributed by atoms with van der Waals surface area (Å²) in [5.74, 6) is -0.179. The maximum absolute atomic E-state index is 11.5. The fraction of sp³-hybridized carbons (Fsp3) is 0.455. The van der Waals surface area contributed by atoms with E-state index in [0.29, 0.717) is 12.2 Å². The quantitative estimate of drug-likeness (QED) is 0.740. The molecule has 1 aromatic rings. The third kappa shape index (κ3) is 2.94. The van der Waals surface area contributed by atoms with Crippen molar-refractivity contribution in [3.05, 3.63) is 30.1 Å². The highest BCUT2D eigenvalue weighted by Gasteiger charge is 2.18. The molecule has 0 spiro atoms. The first-order chi connectivity index (χ1) is 6.95. The molecule has 15 heavy (non-hydrogen) atoms. The van der Waals surface area contributed by atoms with Gasteiger partial charge >= 0.3 is 0 Å². The number of rotatable bonds is 3. The molecule has 0 radical (unpaired) electrons. The molecule has 82 valence electrons. The van der Waals surface area contributed by atoms with Gasteiger partial charge in [-0.3, -0.25) is 9.89 Å². The van der Waals surface area contributed by atoms with Crippen molar-refractivity contribution in [1.82, 2.24) is 15.5 Å². The third-order valence-electron chi connectivity index (χ3n) is 2.03. The first-order valence-corrected chi connectivity index (χ1v) is 4.90. The molecule has 0 saturated carbocycles. The van der Waals surface area contributed by atoms with Gasteiger partial charge in [0.2, 0.25) is 0 Å². The van der Waals surface area contributed by atoms with Crippen LogP contribution in [0.4, 0.5) is 0 Å². The molecular weight excluding hydrogens is 190 g/mol. The first-order valence-electron chi connectivity index (χ1n) is 4.90. The van der Waals surface area contributed by atoms with Crippen LogP contribution in [0.5, 0.6) is 0 Å². The number of hydrogen-bond donors (Lipinski definition) is 2. The van der Waals surface area contributed by atoms with Crippen molar-refractivity contribution in [3.63, 3.8) is 0 Å². The summed E-state index contributed by atoms with van der Waals surface area (Å²) >= 11 is 0. The Labute approximate surface area is 89.8 Å². The second-order valence-corrected chi connectivity index (χ2v) is 4.42. The zero-order valence-electron chi connectivity index (χ0n) is 9.42. The molecule has 4 heteroatoms. The molecule has 0 aliphatic heterocycles. The SMILES string of the molecule is C=CCNC(=O)c1cc(C(C)(C)C)[nH]n1. The zero-order chi connectivity index (χ0) is 11.5. The Morgan fingerprint density at radius 2 is 2.33 bits per heavy atom.